The van der Waals surface area contributed by atoms with Gasteiger partial charge in [0.25, 0.3) is 5.91 Å². The maximum atomic E-state index is 12.1. The van der Waals surface area contributed by atoms with Gasteiger partial charge in [-0.1, -0.05) is 0 Å². The molecule has 5 heteroatoms. The number of hydrogen-bond donors (Lipinski definition) is 2. The van der Waals surface area contributed by atoms with Crippen LogP contribution < -0.4 is 10.6 Å². The number of carbonyl (C=O) groups is 2. The number of hydrogen-bond acceptors (Lipinski definition) is 3. The van der Waals surface area contributed by atoms with Gasteiger partial charge in [-0.05, 0) is 43.7 Å². The van der Waals surface area contributed by atoms with E-state index in [0.29, 0.717) is 5.56 Å². The van der Waals surface area contributed by atoms with Crippen LogP contribution in [0.5, 0.6) is 0 Å². The molecular formula is C15H21N3O2. The summed E-state index contributed by atoms with van der Waals surface area (Å²) in [6.07, 6.45) is 1.96. The third kappa shape index (κ3) is 3.57. The number of anilines is 1. The monoisotopic (exact) mass is 275 g/mol. The minimum atomic E-state index is -0.0423. The van der Waals surface area contributed by atoms with Gasteiger partial charge in [0.2, 0.25) is 5.91 Å². The lowest BCUT2D eigenvalue weighted by Gasteiger charge is -2.21. The second-order valence-electron chi connectivity index (χ2n) is 5.31. The van der Waals surface area contributed by atoms with E-state index >= 15 is 0 Å². The Morgan fingerprint density at radius 1 is 1.25 bits per heavy atom. The van der Waals surface area contributed by atoms with Crippen molar-refractivity contribution in [3.05, 3.63) is 29.8 Å². The van der Waals surface area contributed by atoms with E-state index in [4.69, 9.17) is 0 Å². The molecule has 0 spiro atoms. The van der Waals surface area contributed by atoms with E-state index in [1.54, 1.807) is 38.4 Å². The predicted octanol–water partition coefficient (Wildman–Crippen LogP) is 1.33. The summed E-state index contributed by atoms with van der Waals surface area (Å²) in [4.78, 5) is 25.4. The van der Waals surface area contributed by atoms with Crippen LogP contribution in [-0.4, -0.2) is 43.9 Å². The summed E-state index contributed by atoms with van der Waals surface area (Å²) < 4.78 is 0. The number of amides is 2. The van der Waals surface area contributed by atoms with Gasteiger partial charge in [0.05, 0.1) is 5.92 Å². The van der Waals surface area contributed by atoms with Crippen LogP contribution in [0.4, 0.5) is 5.69 Å². The Labute approximate surface area is 119 Å². The number of nitrogens with one attached hydrogen (secondary N) is 2. The lowest BCUT2D eigenvalue weighted by Crippen LogP contribution is -2.37. The number of piperidine rings is 1. The largest absolute Gasteiger partial charge is 0.345 e. The third-order valence-electron chi connectivity index (χ3n) is 3.47. The van der Waals surface area contributed by atoms with Crippen molar-refractivity contribution < 1.29 is 9.59 Å². The molecule has 1 heterocycles. The average molecular weight is 275 g/mol. The molecule has 0 saturated carbocycles. The van der Waals surface area contributed by atoms with E-state index in [1.807, 2.05) is 0 Å². The molecule has 1 aliphatic heterocycles. The fourth-order valence-corrected chi connectivity index (χ4v) is 2.27. The van der Waals surface area contributed by atoms with Gasteiger partial charge in [0.1, 0.15) is 0 Å². The molecular weight excluding hydrogens is 254 g/mol. The quantitative estimate of drug-likeness (QED) is 0.875. The van der Waals surface area contributed by atoms with Crippen LogP contribution in [0.1, 0.15) is 23.2 Å². The van der Waals surface area contributed by atoms with Crippen LogP contribution in [0.3, 0.4) is 0 Å². The second kappa shape index (κ2) is 6.52. The Kier molecular flexibility index (Phi) is 4.74. The summed E-state index contributed by atoms with van der Waals surface area (Å²) in [5, 5.41) is 6.13. The highest BCUT2D eigenvalue weighted by Gasteiger charge is 2.20. The van der Waals surface area contributed by atoms with Gasteiger partial charge >= 0.3 is 0 Å². The van der Waals surface area contributed by atoms with Crippen LogP contribution in [0.2, 0.25) is 0 Å². The van der Waals surface area contributed by atoms with Crippen LogP contribution in [0.25, 0.3) is 0 Å². The van der Waals surface area contributed by atoms with E-state index in [0.717, 1.165) is 31.6 Å². The molecule has 1 saturated heterocycles. The first-order chi connectivity index (χ1) is 9.58. The van der Waals surface area contributed by atoms with E-state index in [1.165, 1.54) is 4.90 Å². The van der Waals surface area contributed by atoms with Gasteiger partial charge in [-0.2, -0.15) is 0 Å². The molecule has 2 amide bonds. The van der Waals surface area contributed by atoms with Crippen LogP contribution in [0.15, 0.2) is 24.3 Å². The van der Waals surface area contributed by atoms with Gasteiger partial charge in [0, 0.05) is 31.9 Å². The number of carbonyl (C=O) groups excluding carboxylic acids is 2. The van der Waals surface area contributed by atoms with Gasteiger partial charge in [-0.25, -0.2) is 0 Å². The normalized spacial score (nSPS) is 18.4. The van der Waals surface area contributed by atoms with Gasteiger partial charge in [-0.3, -0.25) is 9.59 Å². The molecule has 1 aromatic carbocycles. The smallest absolute Gasteiger partial charge is 0.253 e. The zero-order valence-electron chi connectivity index (χ0n) is 12.0. The Morgan fingerprint density at radius 3 is 2.50 bits per heavy atom. The minimum Gasteiger partial charge on any atom is -0.345 e. The zero-order chi connectivity index (χ0) is 14.5. The Morgan fingerprint density at radius 2 is 1.95 bits per heavy atom. The molecule has 2 N–H and O–H groups in total. The zero-order valence-corrected chi connectivity index (χ0v) is 12.0. The van der Waals surface area contributed by atoms with Gasteiger partial charge < -0.3 is 15.5 Å². The van der Waals surface area contributed by atoms with Crippen LogP contribution in [-0.2, 0) is 4.79 Å². The molecule has 1 aliphatic rings. The molecule has 5 nitrogen and oxygen atoms in total. The first-order valence-electron chi connectivity index (χ1n) is 6.91. The number of benzene rings is 1. The molecule has 1 atom stereocenters. The highest BCUT2D eigenvalue weighted by Crippen LogP contribution is 2.15. The molecule has 1 aromatic rings. The Balaban J connectivity index is 1.96. The van der Waals surface area contributed by atoms with Crippen molar-refractivity contribution >= 4 is 17.5 Å². The molecule has 0 radical (unpaired) electrons. The lowest BCUT2D eigenvalue weighted by molar-refractivity contribution is -0.120. The standard InChI is InChI=1S/C15H21N3O2/c1-18(2)15(20)11-5-7-13(8-6-11)17-14(19)12-4-3-9-16-10-12/h5-8,12,16H,3-4,9-10H2,1-2H3,(H,17,19)/t12-/m1/s1. The molecule has 2 rings (SSSR count). The van der Waals surface area contributed by atoms with Gasteiger partial charge in [-0.15, -0.1) is 0 Å². The summed E-state index contributed by atoms with van der Waals surface area (Å²) in [6.45, 7) is 1.73. The molecule has 0 aromatic heterocycles. The SMILES string of the molecule is CN(C)C(=O)c1ccc(NC(=O)[C@@H]2CCCNC2)cc1. The molecule has 0 unspecified atom stereocenters. The topological polar surface area (TPSA) is 61.4 Å². The first-order valence-corrected chi connectivity index (χ1v) is 6.91. The highest BCUT2D eigenvalue weighted by atomic mass is 16.2. The van der Waals surface area contributed by atoms with Crippen LogP contribution in [0, 0.1) is 5.92 Å². The molecule has 0 aliphatic carbocycles. The minimum absolute atomic E-state index is 0.0341. The third-order valence-corrected chi connectivity index (χ3v) is 3.47. The maximum Gasteiger partial charge on any atom is 0.253 e. The van der Waals surface area contributed by atoms with Crippen molar-refractivity contribution in [3.8, 4) is 0 Å². The molecule has 20 heavy (non-hydrogen) atoms. The summed E-state index contributed by atoms with van der Waals surface area (Å²) in [5.74, 6) is 0.0371. The number of rotatable bonds is 3. The van der Waals surface area contributed by atoms with Crippen molar-refractivity contribution in [1.82, 2.24) is 10.2 Å². The van der Waals surface area contributed by atoms with Crippen molar-refractivity contribution in [2.24, 2.45) is 5.92 Å². The summed E-state index contributed by atoms with van der Waals surface area (Å²) in [6, 6.07) is 7.00. The van der Waals surface area contributed by atoms with Gasteiger partial charge in [0.15, 0.2) is 0 Å². The molecule has 108 valence electrons. The highest BCUT2D eigenvalue weighted by molar-refractivity contribution is 5.96. The summed E-state index contributed by atoms with van der Waals surface area (Å²) >= 11 is 0. The predicted molar refractivity (Wildman–Crippen MR) is 78.7 cm³/mol. The lowest BCUT2D eigenvalue weighted by atomic mass is 9.99. The number of nitrogens with zero attached hydrogens (tertiary/aromatic N) is 1. The fourth-order valence-electron chi connectivity index (χ4n) is 2.27. The van der Waals surface area contributed by atoms with Crippen molar-refractivity contribution in [2.45, 2.75) is 12.8 Å². The van der Waals surface area contributed by atoms with Crippen LogP contribution >= 0.6 is 0 Å². The Bertz CT molecular complexity index is 476. The summed E-state index contributed by atoms with van der Waals surface area (Å²) in [5.41, 5.74) is 1.35. The molecule has 0 bridgehead atoms. The Hall–Kier alpha value is -1.88. The first kappa shape index (κ1) is 14.5. The maximum absolute atomic E-state index is 12.1. The molecule has 1 fully saturated rings. The van der Waals surface area contributed by atoms with Crippen molar-refractivity contribution in [2.75, 3.05) is 32.5 Å². The van der Waals surface area contributed by atoms with Crippen molar-refractivity contribution in [1.29, 1.82) is 0 Å². The second-order valence-corrected chi connectivity index (χ2v) is 5.31. The van der Waals surface area contributed by atoms with E-state index in [9.17, 15) is 9.59 Å². The summed E-state index contributed by atoms with van der Waals surface area (Å²) in [7, 11) is 3.43. The van der Waals surface area contributed by atoms with E-state index in [2.05, 4.69) is 10.6 Å². The van der Waals surface area contributed by atoms with E-state index < -0.39 is 0 Å². The van der Waals surface area contributed by atoms with Crippen molar-refractivity contribution in [3.63, 3.8) is 0 Å². The fraction of sp³-hybridized carbons (Fsp3) is 0.467. The average Bonchev–Trinajstić information content (AvgIpc) is 2.48. The van der Waals surface area contributed by atoms with E-state index in [-0.39, 0.29) is 17.7 Å².